The third kappa shape index (κ3) is 2.95. The van der Waals surface area contributed by atoms with Gasteiger partial charge in [0.2, 0.25) is 0 Å². The SMILES string of the molecule is Nc1cnc(CSc2ccccc2)cn1. The number of hydrogen-bond donors (Lipinski definition) is 1. The molecule has 15 heavy (non-hydrogen) atoms. The average molecular weight is 217 g/mol. The van der Waals surface area contributed by atoms with E-state index in [1.807, 2.05) is 18.2 Å². The molecule has 4 heteroatoms. The molecule has 0 radical (unpaired) electrons. The molecule has 0 saturated heterocycles. The molecule has 0 aliphatic heterocycles. The van der Waals surface area contributed by atoms with Crippen LogP contribution in [0, 0.1) is 0 Å². The number of nitrogen functional groups attached to an aromatic ring is 1. The third-order valence-corrected chi connectivity index (χ3v) is 2.90. The van der Waals surface area contributed by atoms with Gasteiger partial charge in [0.1, 0.15) is 5.82 Å². The van der Waals surface area contributed by atoms with Crippen molar-refractivity contribution in [2.45, 2.75) is 10.6 Å². The van der Waals surface area contributed by atoms with E-state index in [2.05, 4.69) is 22.1 Å². The van der Waals surface area contributed by atoms with Crippen molar-refractivity contribution in [3.63, 3.8) is 0 Å². The Morgan fingerprint density at radius 3 is 2.53 bits per heavy atom. The highest BCUT2D eigenvalue weighted by Crippen LogP contribution is 2.20. The zero-order chi connectivity index (χ0) is 10.5. The zero-order valence-corrected chi connectivity index (χ0v) is 8.95. The molecule has 76 valence electrons. The van der Waals surface area contributed by atoms with Crippen LogP contribution in [0.2, 0.25) is 0 Å². The molecule has 1 heterocycles. The fourth-order valence-corrected chi connectivity index (χ4v) is 1.93. The number of nitrogens with zero attached hydrogens (tertiary/aromatic N) is 2. The second-order valence-electron chi connectivity index (χ2n) is 3.03. The average Bonchev–Trinajstić information content (AvgIpc) is 2.30. The maximum absolute atomic E-state index is 5.45. The van der Waals surface area contributed by atoms with Crippen molar-refractivity contribution in [3.8, 4) is 0 Å². The van der Waals surface area contributed by atoms with E-state index in [1.165, 1.54) is 4.90 Å². The number of aromatic nitrogens is 2. The minimum atomic E-state index is 0.462. The molecule has 0 bridgehead atoms. The van der Waals surface area contributed by atoms with Crippen LogP contribution in [0.25, 0.3) is 0 Å². The first kappa shape index (κ1) is 9.98. The van der Waals surface area contributed by atoms with E-state index < -0.39 is 0 Å². The first-order chi connectivity index (χ1) is 7.34. The van der Waals surface area contributed by atoms with Gasteiger partial charge in [-0.3, -0.25) is 4.98 Å². The van der Waals surface area contributed by atoms with Crippen LogP contribution in [-0.2, 0) is 5.75 Å². The molecule has 3 nitrogen and oxygen atoms in total. The molecule has 0 aliphatic carbocycles. The normalized spacial score (nSPS) is 10.1. The molecule has 2 N–H and O–H groups in total. The molecule has 0 amide bonds. The number of hydrogen-bond acceptors (Lipinski definition) is 4. The molecule has 0 fully saturated rings. The van der Waals surface area contributed by atoms with Crippen molar-refractivity contribution in [1.29, 1.82) is 0 Å². The smallest absolute Gasteiger partial charge is 0.141 e. The summed E-state index contributed by atoms with van der Waals surface area (Å²) in [4.78, 5) is 9.41. The number of anilines is 1. The second-order valence-corrected chi connectivity index (χ2v) is 4.08. The van der Waals surface area contributed by atoms with E-state index in [9.17, 15) is 0 Å². The van der Waals surface area contributed by atoms with Crippen molar-refractivity contribution in [3.05, 3.63) is 48.4 Å². The predicted octanol–water partition coefficient (Wildman–Crippen LogP) is 2.35. The van der Waals surface area contributed by atoms with Gasteiger partial charge >= 0.3 is 0 Å². The lowest BCUT2D eigenvalue weighted by atomic mass is 10.4. The van der Waals surface area contributed by atoms with Crippen molar-refractivity contribution >= 4 is 17.6 Å². The molecule has 0 atom stereocenters. The Morgan fingerprint density at radius 2 is 1.87 bits per heavy atom. The van der Waals surface area contributed by atoms with Crippen LogP contribution in [0.1, 0.15) is 5.69 Å². The molecule has 2 rings (SSSR count). The summed E-state index contributed by atoms with van der Waals surface area (Å²) in [5.74, 6) is 1.28. The van der Waals surface area contributed by atoms with Gasteiger partial charge < -0.3 is 5.73 Å². The van der Waals surface area contributed by atoms with E-state index in [0.29, 0.717) is 5.82 Å². The van der Waals surface area contributed by atoms with Gasteiger partial charge in [-0.1, -0.05) is 18.2 Å². The maximum Gasteiger partial charge on any atom is 0.141 e. The van der Waals surface area contributed by atoms with Crippen LogP contribution in [0.5, 0.6) is 0 Å². The van der Waals surface area contributed by atoms with Crippen LogP contribution in [0.4, 0.5) is 5.82 Å². The fourth-order valence-electron chi connectivity index (χ4n) is 1.11. The fraction of sp³-hybridized carbons (Fsp3) is 0.0909. The van der Waals surface area contributed by atoms with Gasteiger partial charge in [-0.25, -0.2) is 4.98 Å². The molecule has 2 aromatic rings. The van der Waals surface area contributed by atoms with Crippen LogP contribution >= 0.6 is 11.8 Å². The van der Waals surface area contributed by atoms with Crippen molar-refractivity contribution < 1.29 is 0 Å². The molecule has 0 aliphatic rings. The number of rotatable bonds is 3. The van der Waals surface area contributed by atoms with Gasteiger partial charge in [0.05, 0.1) is 18.1 Å². The Kier molecular flexibility index (Phi) is 3.19. The van der Waals surface area contributed by atoms with Crippen LogP contribution in [0.3, 0.4) is 0 Å². The zero-order valence-electron chi connectivity index (χ0n) is 8.13. The van der Waals surface area contributed by atoms with Gasteiger partial charge in [-0.05, 0) is 12.1 Å². The predicted molar refractivity (Wildman–Crippen MR) is 62.4 cm³/mol. The largest absolute Gasteiger partial charge is 0.382 e. The standard InChI is InChI=1S/C11H11N3S/c12-11-7-13-9(6-14-11)8-15-10-4-2-1-3-5-10/h1-7H,8H2,(H2,12,14). The molecule has 1 aromatic carbocycles. The van der Waals surface area contributed by atoms with E-state index in [-0.39, 0.29) is 0 Å². The summed E-state index contributed by atoms with van der Waals surface area (Å²) in [5.41, 5.74) is 6.40. The van der Waals surface area contributed by atoms with E-state index >= 15 is 0 Å². The van der Waals surface area contributed by atoms with E-state index in [1.54, 1.807) is 24.2 Å². The third-order valence-electron chi connectivity index (χ3n) is 1.86. The highest BCUT2D eigenvalue weighted by Gasteiger charge is 1.97. The van der Waals surface area contributed by atoms with Crippen molar-refractivity contribution in [2.24, 2.45) is 0 Å². The first-order valence-corrected chi connectivity index (χ1v) is 5.57. The number of thioether (sulfide) groups is 1. The van der Waals surface area contributed by atoms with Crippen molar-refractivity contribution in [2.75, 3.05) is 5.73 Å². The van der Waals surface area contributed by atoms with Gasteiger partial charge in [0.15, 0.2) is 0 Å². The molecular weight excluding hydrogens is 206 g/mol. The van der Waals surface area contributed by atoms with Gasteiger partial charge in [0, 0.05) is 10.6 Å². The number of nitrogens with two attached hydrogens (primary N) is 1. The first-order valence-electron chi connectivity index (χ1n) is 4.59. The summed E-state index contributed by atoms with van der Waals surface area (Å²) in [5, 5.41) is 0. The second kappa shape index (κ2) is 4.79. The molecular formula is C11H11N3S. The summed E-state index contributed by atoms with van der Waals surface area (Å²) in [7, 11) is 0. The summed E-state index contributed by atoms with van der Waals surface area (Å²) >= 11 is 1.74. The summed E-state index contributed by atoms with van der Waals surface area (Å²) in [6.07, 6.45) is 3.30. The molecule has 1 aromatic heterocycles. The topological polar surface area (TPSA) is 51.8 Å². The molecule has 0 unspecified atom stereocenters. The molecule has 0 spiro atoms. The lowest BCUT2D eigenvalue weighted by Gasteiger charge is -2.00. The van der Waals surface area contributed by atoms with Crippen molar-refractivity contribution in [1.82, 2.24) is 9.97 Å². The minimum absolute atomic E-state index is 0.462. The highest BCUT2D eigenvalue weighted by atomic mass is 32.2. The van der Waals surface area contributed by atoms with Crippen LogP contribution in [0.15, 0.2) is 47.6 Å². The van der Waals surface area contributed by atoms with E-state index in [0.717, 1.165) is 11.4 Å². The number of benzene rings is 1. The lowest BCUT2D eigenvalue weighted by molar-refractivity contribution is 1.11. The monoisotopic (exact) mass is 217 g/mol. The summed E-state index contributed by atoms with van der Waals surface area (Å²) in [6, 6.07) is 10.2. The Labute approximate surface area is 92.8 Å². The molecule has 0 saturated carbocycles. The van der Waals surface area contributed by atoms with E-state index in [4.69, 9.17) is 5.73 Å². The Hall–Kier alpha value is -1.55. The minimum Gasteiger partial charge on any atom is -0.382 e. The summed E-state index contributed by atoms with van der Waals surface area (Å²) < 4.78 is 0. The van der Waals surface area contributed by atoms with Gasteiger partial charge in [0.25, 0.3) is 0 Å². The highest BCUT2D eigenvalue weighted by molar-refractivity contribution is 7.98. The van der Waals surface area contributed by atoms with Crippen LogP contribution < -0.4 is 5.73 Å². The van der Waals surface area contributed by atoms with Gasteiger partial charge in [-0.15, -0.1) is 11.8 Å². The van der Waals surface area contributed by atoms with Gasteiger partial charge in [-0.2, -0.15) is 0 Å². The Morgan fingerprint density at radius 1 is 1.07 bits per heavy atom. The lowest BCUT2D eigenvalue weighted by Crippen LogP contribution is -1.94. The quantitative estimate of drug-likeness (QED) is 0.802. The maximum atomic E-state index is 5.45. The Bertz CT molecular complexity index is 414. The Balaban J connectivity index is 1.96. The summed E-state index contributed by atoms with van der Waals surface area (Å²) in [6.45, 7) is 0. The van der Waals surface area contributed by atoms with Crippen LogP contribution in [-0.4, -0.2) is 9.97 Å².